The molecular formula is C12H7Br2NO4S. The van der Waals surface area contributed by atoms with Gasteiger partial charge in [-0.2, -0.15) is 0 Å². The molecule has 20 heavy (non-hydrogen) atoms. The fraction of sp³-hybridized carbons (Fsp3) is 0.0833. The number of ketones is 1. The molecule has 0 aliphatic rings. The van der Waals surface area contributed by atoms with Crippen molar-refractivity contribution in [3.63, 3.8) is 0 Å². The Labute approximate surface area is 135 Å². The van der Waals surface area contributed by atoms with Crippen molar-refractivity contribution in [2.45, 2.75) is 6.92 Å². The minimum atomic E-state index is -0.564. The van der Waals surface area contributed by atoms with Crippen LogP contribution in [0.1, 0.15) is 16.6 Å². The Kier molecular flexibility index (Phi) is 4.56. The van der Waals surface area contributed by atoms with E-state index in [-0.39, 0.29) is 16.5 Å². The van der Waals surface area contributed by atoms with Crippen molar-refractivity contribution in [1.82, 2.24) is 0 Å². The summed E-state index contributed by atoms with van der Waals surface area (Å²) < 4.78 is 7.05. The summed E-state index contributed by atoms with van der Waals surface area (Å²) in [5.74, 6) is 0.205. The van der Waals surface area contributed by atoms with Crippen molar-refractivity contribution in [2.24, 2.45) is 0 Å². The summed E-state index contributed by atoms with van der Waals surface area (Å²) >= 11 is 7.58. The van der Waals surface area contributed by atoms with E-state index in [1.807, 2.05) is 0 Å². The zero-order valence-corrected chi connectivity index (χ0v) is 14.0. The van der Waals surface area contributed by atoms with Crippen LogP contribution in [0.15, 0.2) is 33.2 Å². The lowest BCUT2D eigenvalue weighted by molar-refractivity contribution is -0.385. The molecule has 0 atom stereocenters. The number of hydrogen-bond acceptors (Lipinski definition) is 5. The standard InChI is InChI=1S/C12H7Br2NO4S/c1-6(16)11-5-9(15(17)18)12(20-11)19-10-3-2-7(13)4-8(10)14/h2-5H,1H3. The topological polar surface area (TPSA) is 69.4 Å². The molecule has 0 saturated carbocycles. The van der Waals surface area contributed by atoms with Gasteiger partial charge in [0.05, 0.1) is 14.3 Å². The summed E-state index contributed by atoms with van der Waals surface area (Å²) in [6.45, 7) is 1.36. The Balaban J connectivity index is 2.42. The molecule has 8 heteroatoms. The maximum Gasteiger partial charge on any atom is 0.323 e. The minimum Gasteiger partial charge on any atom is -0.439 e. The van der Waals surface area contributed by atoms with Gasteiger partial charge in [-0.1, -0.05) is 27.3 Å². The summed E-state index contributed by atoms with van der Waals surface area (Å²) in [5, 5.41) is 11.1. The van der Waals surface area contributed by atoms with Crippen molar-refractivity contribution in [3.8, 4) is 10.8 Å². The third-order valence-corrected chi connectivity index (χ3v) is 4.54. The van der Waals surface area contributed by atoms with Crippen LogP contribution in [-0.2, 0) is 0 Å². The monoisotopic (exact) mass is 419 g/mol. The molecule has 5 nitrogen and oxygen atoms in total. The molecule has 0 aliphatic carbocycles. The average Bonchev–Trinajstić information content (AvgIpc) is 2.77. The molecule has 104 valence electrons. The van der Waals surface area contributed by atoms with Crippen molar-refractivity contribution in [2.75, 3.05) is 0 Å². The van der Waals surface area contributed by atoms with Gasteiger partial charge in [-0.3, -0.25) is 14.9 Å². The van der Waals surface area contributed by atoms with Crippen LogP contribution in [0.3, 0.4) is 0 Å². The van der Waals surface area contributed by atoms with Crippen molar-refractivity contribution >= 4 is 54.7 Å². The Morgan fingerprint density at radius 3 is 2.60 bits per heavy atom. The number of benzene rings is 1. The molecule has 0 bridgehead atoms. The zero-order chi connectivity index (χ0) is 14.9. The first-order valence-corrected chi connectivity index (χ1v) is 7.71. The molecule has 1 aromatic carbocycles. The molecule has 1 aromatic heterocycles. The molecule has 2 aromatic rings. The number of thiophene rings is 1. The van der Waals surface area contributed by atoms with Gasteiger partial charge >= 0.3 is 5.69 Å². The summed E-state index contributed by atoms with van der Waals surface area (Å²) in [6, 6.07) is 6.42. The predicted molar refractivity (Wildman–Crippen MR) is 82.9 cm³/mol. The Bertz CT molecular complexity index is 699. The van der Waals surface area contributed by atoms with Gasteiger partial charge in [0, 0.05) is 10.5 Å². The fourth-order valence-electron chi connectivity index (χ4n) is 1.40. The lowest BCUT2D eigenvalue weighted by atomic mass is 10.3. The van der Waals surface area contributed by atoms with Gasteiger partial charge in [0.15, 0.2) is 5.78 Å². The zero-order valence-electron chi connectivity index (χ0n) is 10.1. The molecule has 0 spiro atoms. The SMILES string of the molecule is CC(=O)c1cc([N+](=O)[O-])c(Oc2ccc(Br)cc2Br)s1. The number of ether oxygens (including phenoxy) is 1. The largest absolute Gasteiger partial charge is 0.439 e. The number of carbonyl (C=O) groups excluding carboxylic acids is 1. The number of nitrogens with zero attached hydrogens (tertiary/aromatic N) is 1. The van der Waals surface area contributed by atoms with Gasteiger partial charge in [0.2, 0.25) is 0 Å². The molecule has 0 fully saturated rings. The van der Waals surface area contributed by atoms with Crippen molar-refractivity contribution in [3.05, 3.63) is 48.2 Å². The summed E-state index contributed by atoms with van der Waals surface area (Å²) in [4.78, 5) is 22.0. The minimum absolute atomic E-state index is 0.0863. The highest BCUT2D eigenvalue weighted by Gasteiger charge is 2.23. The first kappa shape index (κ1) is 15.1. The highest BCUT2D eigenvalue weighted by atomic mass is 79.9. The molecule has 1 heterocycles. The van der Waals surface area contributed by atoms with Gasteiger partial charge < -0.3 is 4.74 Å². The van der Waals surface area contributed by atoms with Crippen LogP contribution in [0, 0.1) is 10.1 Å². The lowest BCUT2D eigenvalue weighted by Gasteiger charge is -2.05. The van der Waals surface area contributed by atoms with E-state index in [1.165, 1.54) is 13.0 Å². The second-order valence-electron chi connectivity index (χ2n) is 3.77. The molecule has 0 aliphatic heterocycles. The third-order valence-electron chi connectivity index (χ3n) is 2.32. The Morgan fingerprint density at radius 1 is 1.35 bits per heavy atom. The quantitative estimate of drug-likeness (QED) is 0.388. The van der Waals surface area contributed by atoms with Gasteiger partial charge in [-0.25, -0.2) is 0 Å². The molecule has 0 N–H and O–H groups in total. The molecule has 0 amide bonds. The van der Waals surface area contributed by atoms with Crippen LogP contribution < -0.4 is 4.74 Å². The van der Waals surface area contributed by atoms with Crippen LogP contribution in [0.5, 0.6) is 10.8 Å². The lowest BCUT2D eigenvalue weighted by Crippen LogP contribution is -1.90. The van der Waals surface area contributed by atoms with Gasteiger partial charge in [-0.05, 0) is 41.1 Å². The number of rotatable bonds is 4. The summed E-state index contributed by atoms with van der Waals surface area (Å²) in [7, 11) is 0. The Morgan fingerprint density at radius 2 is 2.05 bits per heavy atom. The Hall–Kier alpha value is -1.25. The van der Waals surface area contributed by atoms with Crippen LogP contribution in [0.25, 0.3) is 0 Å². The second-order valence-corrected chi connectivity index (χ2v) is 6.56. The van der Waals surface area contributed by atoms with E-state index in [0.717, 1.165) is 15.8 Å². The van der Waals surface area contributed by atoms with E-state index in [2.05, 4.69) is 31.9 Å². The van der Waals surface area contributed by atoms with Crippen molar-refractivity contribution in [1.29, 1.82) is 0 Å². The summed E-state index contributed by atoms with van der Waals surface area (Å²) in [6.07, 6.45) is 0. The highest BCUT2D eigenvalue weighted by molar-refractivity contribution is 9.11. The molecular weight excluding hydrogens is 414 g/mol. The molecule has 0 radical (unpaired) electrons. The third kappa shape index (κ3) is 3.25. The van der Waals surface area contributed by atoms with E-state index in [9.17, 15) is 14.9 Å². The van der Waals surface area contributed by atoms with Crippen LogP contribution in [0.2, 0.25) is 0 Å². The molecule has 0 unspecified atom stereocenters. The van der Waals surface area contributed by atoms with Crippen LogP contribution in [-0.4, -0.2) is 10.7 Å². The van der Waals surface area contributed by atoms with E-state index < -0.39 is 4.92 Å². The van der Waals surface area contributed by atoms with Gasteiger partial charge in [-0.15, -0.1) is 0 Å². The normalized spacial score (nSPS) is 10.3. The van der Waals surface area contributed by atoms with Crippen molar-refractivity contribution < 1.29 is 14.5 Å². The smallest absolute Gasteiger partial charge is 0.323 e. The molecule has 2 rings (SSSR count). The van der Waals surface area contributed by atoms with E-state index in [0.29, 0.717) is 15.1 Å². The average molecular weight is 421 g/mol. The molecule has 0 saturated heterocycles. The second kappa shape index (κ2) is 6.02. The van der Waals surface area contributed by atoms with Gasteiger partial charge in [0.1, 0.15) is 5.75 Å². The van der Waals surface area contributed by atoms with E-state index in [4.69, 9.17) is 4.74 Å². The first-order chi connectivity index (χ1) is 9.38. The maximum absolute atomic E-state index is 11.3. The fourth-order valence-corrected chi connectivity index (χ4v) is 3.41. The van der Waals surface area contributed by atoms with Crippen LogP contribution in [0.4, 0.5) is 5.69 Å². The maximum atomic E-state index is 11.3. The van der Waals surface area contributed by atoms with Crippen LogP contribution >= 0.6 is 43.2 Å². The first-order valence-electron chi connectivity index (χ1n) is 5.30. The number of halogens is 2. The highest BCUT2D eigenvalue weighted by Crippen LogP contribution is 2.42. The number of nitro groups is 1. The van der Waals surface area contributed by atoms with E-state index >= 15 is 0 Å². The van der Waals surface area contributed by atoms with Gasteiger partial charge in [0.25, 0.3) is 5.06 Å². The number of hydrogen-bond donors (Lipinski definition) is 0. The summed E-state index contributed by atoms with van der Waals surface area (Å²) in [5.41, 5.74) is -0.213. The number of carbonyl (C=O) groups is 1. The predicted octanol–water partition coefficient (Wildman–Crippen LogP) is 5.18. The number of Topliss-reactive ketones (excluding diaryl/α,β-unsaturated/α-hetero) is 1. The van der Waals surface area contributed by atoms with E-state index in [1.54, 1.807) is 18.2 Å².